The monoisotopic (exact) mass is 593 g/mol. The molecular formula is C31H36ClN5O3S. The third kappa shape index (κ3) is 6.47. The van der Waals surface area contributed by atoms with Crippen molar-refractivity contribution in [2.75, 3.05) is 26.5 Å². The van der Waals surface area contributed by atoms with Crippen LogP contribution in [0.3, 0.4) is 0 Å². The van der Waals surface area contributed by atoms with Crippen molar-refractivity contribution >= 4 is 38.3 Å². The molecule has 216 valence electrons. The summed E-state index contributed by atoms with van der Waals surface area (Å²) in [6.07, 6.45) is 7.20. The van der Waals surface area contributed by atoms with Crippen LogP contribution in [-0.2, 0) is 22.0 Å². The third-order valence-corrected chi connectivity index (χ3v) is 9.98. The second kappa shape index (κ2) is 12.3. The van der Waals surface area contributed by atoms with E-state index in [1.807, 2.05) is 18.3 Å². The minimum atomic E-state index is -3.68. The second-order valence-electron chi connectivity index (χ2n) is 10.8. The molecule has 41 heavy (non-hydrogen) atoms. The average molecular weight is 594 g/mol. The number of sulfone groups is 1. The summed E-state index contributed by atoms with van der Waals surface area (Å²) in [6.45, 7) is 2.11. The van der Waals surface area contributed by atoms with E-state index in [2.05, 4.69) is 47.3 Å². The molecule has 4 aromatic rings. The van der Waals surface area contributed by atoms with Crippen molar-refractivity contribution in [1.29, 1.82) is 0 Å². The number of nitrogens with one attached hydrogen (secondary N) is 1. The Kier molecular flexibility index (Phi) is 8.77. The fourth-order valence-corrected chi connectivity index (χ4v) is 7.38. The number of halogens is 1. The predicted molar refractivity (Wildman–Crippen MR) is 164 cm³/mol. The van der Waals surface area contributed by atoms with Crippen LogP contribution in [0.5, 0.6) is 5.88 Å². The Morgan fingerprint density at radius 1 is 1.05 bits per heavy atom. The molecule has 0 amide bonds. The van der Waals surface area contributed by atoms with Crippen LogP contribution in [0, 0.1) is 0 Å². The quantitative estimate of drug-likeness (QED) is 0.246. The van der Waals surface area contributed by atoms with Crippen LogP contribution >= 0.6 is 11.6 Å². The standard InChI is InChI=1S/C31H36ClN5O3S/c1-5-20-16-21(17-22-18-33-31(36-29(20)22)35-23-10-13-25(14-11-23)37(2)3)26-15-12-24(34-30(26)40-4)19-41(38,39)28-9-7-6-8-27(28)32/h6-9,12,15-18,23,25H,5,10-11,13-14,19H2,1-4H3,(H,33,35,36). The van der Waals surface area contributed by atoms with Gasteiger partial charge in [-0.2, -0.15) is 0 Å². The van der Waals surface area contributed by atoms with E-state index in [1.54, 1.807) is 24.3 Å². The summed E-state index contributed by atoms with van der Waals surface area (Å²) in [6, 6.07) is 15.1. The lowest BCUT2D eigenvalue weighted by Crippen LogP contribution is -2.36. The van der Waals surface area contributed by atoms with E-state index in [0.717, 1.165) is 46.9 Å². The number of aryl methyl sites for hydroxylation is 1. The number of methoxy groups -OCH3 is 1. The van der Waals surface area contributed by atoms with E-state index in [0.29, 0.717) is 29.6 Å². The fraction of sp³-hybridized carbons (Fsp3) is 0.387. The first-order valence-corrected chi connectivity index (χ1v) is 16.0. The summed E-state index contributed by atoms with van der Waals surface area (Å²) in [4.78, 5) is 16.5. The molecule has 0 bridgehead atoms. The van der Waals surface area contributed by atoms with Gasteiger partial charge in [0.1, 0.15) is 0 Å². The molecule has 8 nitrogen and oxygen atoms in total. The molecule has 0 atom stereocenters. The number of hydrogen-bond acceptors (Lipinski definition) is 8. The maximum absolute atomic E-state index is 13.0. The molecule has 0 saturated heterocycles. The molecule has 1 saturated carbocycles. The van der Waals surface area contributed by atoms with Crippen molar-refractivity contribution in [3.05, 3.63) is 71.0 Å². The van der Waals surface area contributed by atoms with Crippen molar-refractivity contribution in [3.63, 3.8) is 0 Å². The zero-order chi connectivity index (χ0) is 29.1. The highest BCUT2D eigenvalue weighted by molar-refractivity contribution is 7.90. The van der Waals surface area contributed by atoms with Crippen molar-refractivity contribution in [1.82, 2.24) is 19.9 Å². The molecule has 0 radical (unpaired) electrons. The lowest BCUT2D eigenvalue weighted by molar-refractivity contribution is 0.221. The molecule has 1 aliphatic carbocycles. The van der Waals surface area contributed by atoms with E-state index in [9.17, 15) is 8.42 Å². The Balaban J connectivity index is 1.40. The van der Waals surface area contributed by atoms with Gasteiger partial charge in [0.15, 0.2) is 9.84 Å². The van der Waals surface area contributed by atoms with Crippen molar-refractivity contribution < 1.29 is 13.2 Å². The number of hydrogen-bond donors (Lipinski definition) is 1. The normalized spacial score (nSPS) is 17.6. The van der Waals surface area contributed by atoms with Crippen molar-refractivity contribution in [3.8, 4) is 17.0 Å². The first-order valence-electron chi connectivity index (χ1n) is 13.9. The molecular weight excluding hydrogens is 558 g/mol. The molecule has 10 heteroatoms. The number of anilines is 1. The zero-order valence-electron chi connectivity index (χ0n) is 23.9. The Morgan fingerprint density at radius 3 is 2.49 bits per heavy atom. The van der Waals surface area contributed by atoms with Crippen molar-refractivity contribution in [2.45, 2.75) is 61.8 Å². The highest BCUT2D eigenvalue weighted by atomic mass is 35.5. The summed E-state index contributed by atoms with van der Waals surface area (Å²) >= 11 is 6.15. The Morgan fingerprint density at radius 2 is 1.80 bits per heavy atom. The minimum Gasteiger partial charge on any atom is -0.481 e. The van der Waals surface area contributed by atoms with Gasteiger partial charge in [-0.3, -0.25) is 0 Å². The summed E-state index contributed by atoms with van der Waals surface area (Å²) < 4.78 is 31.7. The molecule has 2 aromatic heterocycles. The number of nitrogens with zero attached hydrogens (tertiary/aromatic N) is 4. The summed E-state index contributed by atoms with van der Waals surface area (Å²) in [7, 11) is 2.15. The maximum Gasteiger partial charge on any atom is 0.223 e. The topological polar surface area (TPSA) is 97.3 Å². The molecule has 2 aromatic carbocycles. The largest absolute Gasteiger partial charge is 0.481 e. The van der Waals surface area contributed by atoms with Crippen LogP contribution in [0.4, 0.5) is 5.95 Å². The van der Waals surface area contributed by atoms with E-state index >= 15 is 0 Å². The summed E-state index contributed by atoms with van der Waals surface area (Å²) in [5, 5.41) is 4.68. The number of aromatic nitrogens is 3. The second-order valence-corrected chi connectivity index (χ2v) is 13.1. The van der Waals surface area contributed by atoms with Gasteiger partial charge in [0.2, 0.25) is 11.8 Å². The van der Waals surface area contributed by atoms with Crippen LogP contribution in [0.1, 0.15) is 43.9 Å². The first kappa shape index (κ1) is 29.2. The average Bonchev–Trinajstić information content (AvgIpc) is 2.96. The van der Waals surface area contributed by atoms with Crippen LogP contribution < -0.4 is 10.1 Å². The van der Waals surface area contributed by atoms with Crippen LogP contribution in [-0.4, -0.2) is 61.6 Å². The molecule has 0 spiro atoms. The van der Waals surface area contributed by atoms with Gasteiger partial charge in [-0.25, -0.2) is 23.4 Å². The highest BCUT2D eigenvalue weighted by Gasteiger charge is 2.24. The summed E-state index contributed by atoms with van der Waals surface area (Å²) in [5.74, 6) is 0.730. The molecule has 5 rings (SSSR count). The molecule has 0 unspecified atom stereocenters. The number of benzene rings is 2. The fourth-order valence-electron chi connectivity index (χ4n) is 5.54. The van der Waals surface area contributed by atoms with Gasteiger partial charge in [0.25, 0.3) is 0 Å². The van der Waals surface area contributed by atoms with E-state index in [-0.39, 0.29) is 15.7 Å². The van der Waals surface area contributed by atoms with Crippen LogP contribution in [0.2, 0.25) is 5.02 Å². The van der Waals surface area contributed by atoms with Crippen LogP contribution in [0.15, 0.2) is 59.6 Å². The van der Waals surface area contributed by atoms with Gasteiger partial charge in [0.05, 0.1) is 34.0 Å². The van der Waals surface area contributed by atoms with Gasteiger partial charge in [0, 0.05) is 29.2 Å². The van der Waals surface area contributed by atoms with Gasteiger partial charge >= 0.3 is 0 Å². The Hall–Kier alpha value is -3.27. The number of fused-ring (bicyclic) bond motifs is 1. The molecule has 1 fully saturated rings. The molecule has 1 aliphatic rings. The lowest BCUT2D eigenvalue weighted by Gasteiger charge is -2.32. The smallest absolute Gasteiger partial charge is 0.223 e. The van der Waals surface area contributed by atoms with Crippen LogP contribution in [0.25, 0.3) is 22.0 Å². The minimum absolute atomic E-state index is 0.0868. The number of ether oxygens (including phenoxy) is 1. The predicted octanol–water partition coefficient (Wildman–Crippen LogP) is 6.17. The van der Waals surface area contributed by atoms with E-state index in [4.69, 9.17) is 21.3 Å². The third-order valence-electron chi connectivity index (χ3n) is 7.84. The Labute approximate surface area is 247 Å². The lowest BCUT2D eigenvalue weighted by atomic mass is 9.90. The molecule has 1 N–H and O–H groups in total. The van der Waals surface area contributed by atoms with Gasteiger partial charge in [-0.15, -0.1) is 0 Å². The Bertz CT molecular complexity index is 1650. The number of rotatable bonds is 9. The highest BCUT2D eigenvalue weighted by Crippen LogP contribution is 2.34. The number of pyridine rings is 1. The maximum atomic E-state index is 13.0. The molecule has 2 heterocycles. The zero-order valence-corrected chi connectivity index (χ0v) is 25.5. The molecule has 0 aliphatic heterocycles. The van der Waals surface area contributed by atoms with Gasteiger partial charge in [-0.1, -0.05) is 30.7 Å². The van der Waals surface area contributed by atoms with Gasteiger partial charge < -0.3 is 15.0 Å². The van der Waals surface area contributed by atoms with E-state index in [1.165, 1.54) is 26.0 Å². The first-order chi connectivity index (χ1) is 19.7. The summed E-state index contributed by atoms with van der Waals surface area (Å²) in [5.41, 5.74) is 4.06. The SMILES string of the molecule is CCc1cc(-c2ccc(CS(=O)(=O)c3ccccc3Cl)nc2OC)cc2cnc(NC3CCC(N(C)C)CC3)nc12. The van der Waals surface area contributed by atoms with Gasteiger partial charge in [-0.05, 0) is 93.7 Å². The van der Waals surface area contributed by atoms with E-state index < -0.39 is 9.84 Å². The van der Waals surface area contributed by atoms with Crippen molar-refractivity contribution in [2.24, 2.45) is 0 Å².